The topological polar surface area (TPSA) is 189 Å². The Labute approximate surface area is 177 Å². The molecule has 0 radical (unpaired) electrons. The highest BCUT2D eigenvalue weighted by atomic mass is 32.2. The van der Waals surface area contributed by atoms with Crippen molar-refractivity contribution < 1.29 is 30.7 Å². The van der Waals surface area contributed by atoms with Gasteiger partial charge in [0.2, 0.25) is 5.91 Å². The van der Waals surface area contributed by atoms with Crippen molar-refractivity contribution in [1.29, 1.82) is 0 Å². The van der Waals surface area contributed by atoms with E-state index < -0.39 is 35.9 Å². The third kappa shape index (κ3) is 4.86. The predicted molar refractivity (Wildman–Crippen MR) is 113 cm³/mol. The number of azo groups is 1. The molecule has 0 fully saturated rings. The molecule has 0 aromatic heterocycles. The maximum Gasteiger partial charge on any atom is 0.297 e. The molecule has 0 heterocycles. The normalized spacial score (nSPS) is 12.4. The van der Waals surface area contributed by atoms with E-state index in [4.69, 9.17) is 5.73 Å². The second kappa shape index (κ2) is 8.03. The van der Waals surface area contributed by atoms with Crippen LogP contribution in [0.5, 0.6) is 0 Å². The number of fused-ring (bicyclic) bond motifs is 1. The van der Waals surface area contributed by atoms with Gasteiger partial charge in [-0.1, -0.05) is 18.2 Å². The molecule has 0 aliphatic heterocycles. The summed E-state index contributed by atoms with van der Waals surface area (Å²) in [5.41, 5.74) is 6.11. The first kappa shape index (κ1) is 22.3. The van der Waals surface area contributed by atoms with E-state index in [-0.39, 0.29) is 27.8 Å². The number of benzene rings is 3. The number of carbonyl (C=O) groups is 1. The average Bonchev–Trinajstić information content (AvgIpc) is 2.64. The van der Waals surface area contributed by atoms with Crippen molar-refractivity contribution in [2.24, 2.45) is 10.2 Å². The minimum atomic E-state index is -4.88. The highest BCUT2D eigenvalue weighted by Crippen LogP contribution is 2.37. The summed E-state index contributed by atoms with van der Waals surface area (Å²) in [5, 5.41) is 9.99. The molecule has 0 bridgehead atoms. The standard InChI is InChI=1S/C18H16N4O7S2/c1-10(23)20-16-9-11(19)5-7-14(16)21-22-15-8-6-12-13(18(15)31(27,28)29)3-2-4-17(12)30(24,25)26/h2-9H,19H2,1H3,(H,20,23)(H,24,25,26)(H,27,28,29)/b22-21+. The number of anilines is 2. The first-order chi connectivity index (χ1) is 14.4. The summed E-state index contributed by atoms with van der Waals surface area (Å²) in [4.78, 5) is 10.2. The molecular formula is C18H16N4O7S2. The Kier molecular flexibility index (Phi) is 5.78. The van der Waals surface area contributed by atoms with Gasteiger partial charge >= 0.3 is 0 Å². The molecule has 13 heteroatoms. The molecule has 0 aliphatic carbocycles. The van der Waals surface area contributed by atoms with Gasteiger partial charge in [-0.15, -0.1) is 10.2 Å². The zero-order valence-electron chi connectivity index (χ0n) is 15.8. The molecule has 3 aromatic carbocycles. The predicted octanol–water partition coefficient (Wildman–Crippen LogP) is 3.29. The highest BCUT2D eigenvalue weighted by molar-refractivity contribution is 7.86. The smallest absolute Gasteiger partial charge is 0.297 e. The van der Waals surface area contributed by atoms with Crippen LogP contribution >= 0.6 is 0 Å². The van der Waals surface area contributed by atoms with Crippen LogP contribution in [0, 0.1) is 0 Å². The van der Waals surface area contributed by atoms with Crippen LogP contribution in [0.1, 0.15) is 6.92 Å². The molecule has 0 aliphatic rings. The Hall–Kier alpha value is -3.39. The summed E-state index contributed by atoms with van der Waals surface area (Å²) >= 11 is 0. The van der Waals surface area contributed by atoms with Gasteiger partial charge in [0.05, 0.1) is 5.69 Å². The third-order valence-corrected chi connectivity index (χ3v) is 5.94. The van der Waals surface area contributed by atoms with Gasteiger partial charge in [0, 0.05) is 23.4 Å². The molecule has 0 spiro atoms. The summed E-state index contributed by atoms with van der Waals surface area (Å²) in [5.74, 6) is -0.399. The van der Waals surface area contributed by atoms with Gasteiger partial charge in [0.1, 0.15) is 21.2 Å². The molecule has 5 N–H and O–H groups in total. The van der Waals surface area contributed by atoms with E-state index in [0.29, 0.717) is 5.69 Å². The van der Waals surface area contributed by atoms with Crippen molar-refractivity contribution in [3.63, 3.8) is 0 Å². The SMILES string of the molecule is CC(=O)Nc1cc(N)ccc1/N=N/c1ccc2c(S(=O)(=O)O)cccc2c1S(=O)(=O)O. The van der Waals surface area contributed by atoms with Gasteiger partial charge < -0.3 is 11.1 Å². The van der Waals surface area contributed by atoms with Gasteiger partial charge in [-0.05, 0) is 30.3 Å². The van der Waals surface area contributed by atoms with Crippen LogP contribution in [0.3, 0.4) is 0 Å². The third-order valence-electron chi connectivity index (χ3n) is 4.08. The fourth-order valence-corrected chi connectivity index (χ4v) is 4.44. The van der Waals surface area contributed by atoms with Gasteiger partial charge in [-0.3, -0.25) is 13.9 Å². The summed E-state index contributed by atoms with van der Waals surface area (Å²) in [7, 11) is -9.55. The van der Waals surface area contributed by atoms with Crippen LogP contribution in [0.15, 0.2) is 68.6 Å². The van der Waals surface area contributed by atoms with Crippen molar-refractivity contribution in [2.45, 2.75) is 16.7 Å². The zero-order chi connectivity index (χ0) is 23.0. The Morgan fingerprint density at radius 3 is 2.16 bits per heavy atom. The molecule has 162 valence electrons. The second-order valence-electron chi connectivity index (χ2n) is 6.37. The van der Waals surface area contributed by atoms with E-state index in [0.717, 1.165) is 12.1 Å². The summed E-state index contributed by atoms with van der Waals surface area (Å²) in [6.07, 6.45) is 0. The zero-order valence-corrected chi connectivity index (χ0v) is 17.5. The second-order valence-corrected chi connectivity index (χ2v) is 9.12. The van der Waals surface area contributed by atoms with Crippen molar-refractivity contribution in [1.82, 2.24) is 0 Å². The maximum absolute atomic E-state index is 12.1. The van der Waals surface area contributed by atoms with Crippen LogP contribution in [0.25, 0.3) is 10.8 Å². The van der Waals surface area contributed by atoms with Gasteiger partial charge in [0.15, 0.2) is 0 Å². The van der Waals surface area contributed by atoms with Crippen LogP contribution in [0.2, 0.25) is 0 Å². The molecule has 0 saturated heterocycles. The fraction of sp³-hybridized carbons (Fsp3) is 0.0556. The Morgan fingerprint density at radius 1 is 0.903 bits per heavy atom. The van der Waals surface area contributed by atoms with Crippen LogP contribution in [-0.2, 0) is 25.0 Å². The van der Waals surface area contributed by atoms with Crippen molar-refractivity contribution in [3.05, 3.63) is 48.5 Å². The lowest BCUT2D eigenvalue weighted by molar-refractivity contribution is -0.114. The van der Waals surface area contributed by atoms with E-state index in [1.807, 2.05) is 0 Å². The van der Waals surface area contributed by atoms with E-state index in [9.17, 15) is 30.7 Å². The summed E-state index contributed by atoms with van der Waals surface area (Å²) < 4.78 is 66.5. The first-order valence-electron chi connectivity index (χ1n) is 8.47. The number of amides is 1. The fourth-order valence-electron chi connectivity index (χ4n) is 2.90. The first-order valence-corrected chi connectivity index (χ1v) is 11.4. The Bertz CT molecular complexity index is 1450. The largest absolute Gasteiger partial charge is 0.399 e. The molecule has 1 amide bonds. The molecular weight excluding hydrogens is 448 g/mol. The number of rotatable bonds is 5. The number of nitrogens with one attached hydrogen (secondary N) is 1. The van der Waals surface area contributed by atoms with Crippen molar-refractivity contribution in [2.75, 3.05) is 11.1 Å². The molecule has 0 unspecified atom stereocenters. The number of nitrogens with zero attached hydrogens (tertiary/aromatic N) is 2. The number of hydrogen-bond donors (Lipinski definition) is 4. The molecule has 3 aromatic rings. The quantitative estimate of drug-likeness (QED) is 0.251. The van der Waals surface area contributed by atoms with E-state index >= 15 is 0 Å². The van der Waals surface area contributed by atoms with Crippen molar-refractivity contribution >= 4 is 59.7 Å². The summed E-state index contributed by atoms with van der Waals surface area (Å²) in [6, 6.07) is 10.2. The minimum Gasteiger partial charge on any atom is -0.399 e. The molecule has 11 nitrogen and oxygen atoms in total. The molecule has 0 atom stereocenters. The molecule has 3 rings (SSSR count). The Morgan fingerprint density at radius 2 is 1.55 bits per heavy atom. The molecule has 31 heavy (non-hydrogen) atoms. The molecule has 0 saturated carbocycles. The van der Waals surface area contributed by atoms with E-state index in [1.165, 1.54) is 43.3 Å². The number of nitrogens with two attached hydrogens (primary N) is 1. The monoisotopic (exact) mass is 464 g/mol. The van der Waals surface area contributed by atoms with Gasteiger partial charge in [0.25, 0.3) is 20.2 Å². The maximum atomic E-state index is 12.1. The Balaban J connectivity index is 2.24. The van der Waals surface area contributed by atoms with Gasteiger partial charge in [-0.25, -0.2) is 0 Å². The highest BCUT2D eigenvalue weighted by Gasteiger charge is 2.23. The number of nitrogen functional groups attached to an aromatic ring is 1. The van der Waals surface area contributed by atoms with Gasteiger partial charge in [-0.2, -0.15) is 16.8 Å². The lowest BCUT2D eigenvalue weighted by atomic mass is 10.1. The van der Waals surface area contributed by atoms with Crippen LogP contribution in [-0.4, -0.2) is 31.8 Å². The minimum absolute atomic E-state index is 0.136. The lowest BCUT2D eigenvalue weighted by Gasteiger charge is -2.10. The number of hydrogen-bond acceptors (Lipinski definition) is 8. The van der Waals surface area contributed by atoms with Crippen molar-refractivity contribution in [3.8, 4) is 0 Å². The van der Waals surface area contributed by atoms with E-state index in [2.05, 4.69) is 15.5 Å². The van der Waals surface area contributed by atoms with E-state index in [1.54, 1.807) is 0 Å². The summed E-state index contributed by atoms with van der Waals surface area (Å²) in [6.45, 7) is 1.27. The average molecular weight is 464 g/mol. The lowest BCUT2D eigenvalue weighted by Crippen LogP contribution is -2.06. The number of carbonyl (C=O) groups excluding carboxylic acids is 1. The van der Waals surface area contributed by atoms with Crippen LogP contribution < -0.4 is 11.1 Å². The van der Waals surface area contributed by atoms with Crippen LogP contribution in [0.4, 0.5) is 22.7 Å².